The standard InChI is InChI=1S/C6H5NO3/c8-3-4-1-2-7-5(4)6(9)10/h1-3,7H,(H,9,10). The number of H-pyrrole nitrogens is 1. The molecule has 1 aromatic heterocycles. The van der Waals surface area contributed by atoms with E-state index in [0.717, 1.165) is 0 Å². The third-order valence-electron chi connectivity index (χ3n) is 1.12. The Morgan fingerprint density at radius 1 is 1.70 bits per heavy atom. The molecule has 0 bridgehead atoms. The van der Waals surface area contributed by atoms with Crippen LogP contribution in [-0.4, -0.2) is 22.3 Å². The number of aromatic nitrogens is 1. The van der Waals surface area contributed by atoms with E-state index in [1.807, 2.05) is 0 Å². The number of aldehydes is 1. The van der Waals surface area contributed by atoms with Crippen molar-refractivity contribution < 1.29 is 14.7 Å². The molecule has 1 aromatic rings. The molecule has 0 aromatic carbocycles. The minimum absolute atomic E-state index is 0.0602. The van der Waals surface area contributed by atoms with E-state index >= 15 is 0 Å². The topological polar surface area (TPSA) is 70.2 Å². The number of hydrogen-bond acceptors (Lipinski definition) is 2. The molecule has 2 N–H and O–H groups in total. The number of carbonyl (C=O) groups excluding carboxylic acids is 1. The Kier molecular flexibility index (Phi) is 1.53. The van der Waals surface area contributed by atoms with Crippen molar-refractivity contribution in [1.29, 1.82) is 0 Å². The minimum Gasteiger partial charge on any atom is -0.477 e. The Hall–Kier alpha value is -1.58. The van der Waals surface area contributed by atoms with Gasteiger partial charge >= 0.3 is 5.97 Å². The quantitative estimate of drug-likeness (QED) is 0.587. The Morgan fingerprint density at radius 3 is 2.80 bits per heavy atom. The number of carbonyl (C=O) groups is 2. The second kappa shape index (κ2) is 2.34. The Balaban J connectivity index is 3.13. The van der Waals surface area contributed by atoms with E-state index in [1.54, 1.807) is 0 Å². The van der Waals surface area contributed by atoms with Crippen molar-refractivity contribution in [3.8, 4) is 0 Å². The largest absolute Gasteiger partial charge is 0.477 e. The first-order valence-electron chi connectivity index (χ1n) is 2.61. The van der Waals surface area contributed by atoms with E-state index in [2.05, 4.69) is 4.98 Å². The van der Waals surface area contributed by atoms with Crippen LogP contribution in [0.15, 0.2) is 12.3 Å². The van der Waals surface area contributed by atoms with E-state index in [-0.39, 0.29) is 11.3 Å². The highest BCUT2D eigenvalue weighted by atomic mass is 16.4. The number of carboxylic acid groups (broad SMARTS) is 1. The molecule has 0 radical (unpaired) electrons. The van der Waals surface area contributed by atoms with Crippen LogP contribution in [0.5, 0.6) is 0 Å². The lowest BCUT2D eigenvalue weighted by Gasteiger charge is -1.86. The van der Waals surface area contributed by atoms with Crippen LogP contribution in [0.4, 0.5) is 0 Å². The van der Waals surface area contributed by atoms with Gasteiger partial charge in [0.2, 0.25) is 0 Å². The van der Waals surface area contributed by atoms with Crippen molar-refractivity contribution in [3.05, 3.63) is 23.5 Å². The highest BCUT2D eigenvalue weighted by Gasteiger charge is 2.08. The zero-order valence-electron chi connectivity index (χ0n) is 5.00. The SMILES string of the molecule is O=Cc1cc[nH]c1C(=O)O. The number of nitrogens with one attached hydrogen (secondary N) is 1. The lowest BCUT2D eigenvalue weighted by molar-refractivity contribution is 0.0688. The zero-order chi connectivity index (χ0) is 7.56. The third kappa shape index (κ3) is 0.907. The van der Waals surface area contributed by atoms with Gasteiger partial charge in [-0.1, -0.05) is 0 Å². The molecule has 0 amide bonds. The molecular weight excluding hydrogens is 134 g/mol. The summed E-state index contributed by atoms with van der Waals surface area (Å²) in [6.45, 7) is 0. The fraction of sp³-hybridized carbons (Fsp3) is 0. The molecule has 1 rings (SSSR count). The van der Waals surface area contributed by atoms with Crippen molar-refractivity contribution in [2.24, 2.45) is 0 Å². The minimum atomic E-state index is -1.12. The van der Waals surface area contributed by atoms with Gasteiger partial charge in [-0.05, 0) is 6.07 Å². The second-order valence-corrected chi connectivity index (χ2v) is 1.73. The van der Waals surface area contributed by atoms with Gasteiger partial charge in [-0.15, -0.1) is 0 Å². The van der Waals surface area contributed by atoms with Crippen molar-refractivity contribution in [3.63, 3.8) is 0 Å². The molecule has 0 spiro atoms. The summed E-state index contributed by atoms with van der Waals surface area (Å²) in [6.07, 6.45) is 1.91. The monoisotopic (exact) mass is 139 g/mol. The fourth-order valence-electron chi connectivity index (χ4n) is 0.665. The summed E-state index contributed by atoms with van der Waals surface area (Å²) < 4.78 is 0. The lowest BCUT2D eigenvalue weighted by Crippen LogP contribution is -1.99. The lowest BCUT2D eigenvalue weighted by atomic mass is 10.3. The van der Waals surface area contributed by atoms with Crippen molar-refractivity contribution in [1.82, 2.24) is 4.98 Å². The number of rotatable bonds is 2. The molecule has 0 atom stereocenters. The Labute approximate surface area is 56.5 Å². The summed E-state index contributed by atoms with van der Waals surface area (Å²) in [6, 6.07) is 1.41. The van der Waals surface area contributed by atoms with E-state index in [0.29, 0.717) is 6.29 Å². The van der Waals surface area contributed by atoms with Crippen LogP contribution >= 0.6 is 0 Å². The van der Waals surface area contributed by atoms with E-state index < -0.39 is 5.97 Å². The normalized spacial score (nSPS) is 9.20. The average molecular weight is 139 g/mol. The van der Waals surface area contributed by atoms with Crippen molar-refractivity contribution >= 4 is 12.3 Å². The maximum absolute atomic E-state index is 10.3. The predicted octanol–water partition coefficient (Wildman–Crippen LogP) is 0.525. The summed E-state index contributed by atoms with van der Waals surface area (Å²) in [4.78, 5) is 22.8. The van der Waals surface area contributed by atoms with Gasteiger partial charge in [-0.2, -0.15) is 0 Å². The molecular formula is C6H5NO3. The first kappa shape index (κ1) is 6.54. The maximum Gasteiger partial charge on any atom is 0.353 e. The van der Waals surface area contributed by atoms with E-state index in [4.69, 9.17) is 5.11 Å². The number of aromatic amines is 1. The second-order valence-electron chi connectivity index (χ2n) is 1.73. The van der Waals surface area contributed by atoms with Crippen LogP contribution in [0.2, 0.25) is 0 Å². The Bertz CT molecular complexity index is 264. The molecule has 0 saturated carbocycles. The molecule has 10 heavy (non-hydrogen) atoms. The smallest absolute Gasteiger partial charge is 0.353 e. The van der Waals surface area contributed by atoms with Gasteiger partial charge < -0.3 is 10.1 Å². The summed E-state index contributed by atoms with van der Waals surface area (Å²) >= 11 is 0. The molecule has 0 aliphatic rings. The molecule has 1 heterocycles. The van der Waals surface area contributed by atoms with Gasteiger partial charge in [0.1, 0.15) is 5.69 Å². The Morgan fingerprint density at radius 2 is 2.40 bits per heavy atom. The molecule has 0 saturated heterocycles. The van der Waals surface area contributed by atoms with Gasteiger partial charge in [0.15, 0.2) is 6.29 Å². The van der Waals surface area contributed by atoms with Crippen LogP contribution in [-0.2, 0) is 0 Å². The van der Waals surface area contributed by atoms with Gasteiger partial charge in [-0.25, -0.2) is 4.79 Å². The van der Waals surface area contributed by atoms with Crippen LogP contribution < -0.4 is 0 Å². The fourth-order valence-corrected chi connectivity index (χ4v) is 0.665. The molecule has 52 valence electrons. The molecule has 4 nitrogen and oxygen atoms in total. The number of aromatic carboxylic acids is 1. The molecule has 0 aliphatic carbocycles. The van der Waals surface area contributed by atoms with Crippen molar-refractivity contribution in [2.75, 3.05) is 0 Å². The summed E-state index contributed by atoms with van der Waals surface area (Å²) in [5.41, 5.74) is 0.113. The van der Waals surface area contributed by atoms with E-state index in [9.17, 15) is 9.59 Å². The van der Waals surface area contributed by atoms with Gasteiger partial charge in [-0.3, -0.25) is 4.79 Å². The zero-order valence-corrected chi connectivity index (χ0v) is 5.00. The van der Waals surface area contributed by atoms with Gasteiger partial charge in [0.05, 0.1) is 0 Å². The van der Waals surface area contributed by atoms with Crippen LogP contribution in [0.1, 0.15) is 20.8 Å². The van der Waals surface area contributed by atoms with E-state index in [1.165, 1.54) is 12.3 Å². The van der Waals surface area contributed by atoms with Gasteiger partial charge in [0, 0.05) is 11.8 Å². The van der Waals surface area contributed by atoms with Crippen LogP contribution in [0, 0.1) is 0 Å². The molecule has 0 aliphatic heterocycles. The highest BCUT2D eigenvalue weighted by molar-refractivity contribution is 5.95. The first-order valence-corrected chi connectivity index (χ1v) is 2.61. The average Bonchev–Trinajstić information content (AvgIpc) is 2.33. The maximum atomic E-state index is 10.3. The van der Waals surface area contributed by atoms with Crippen molar-refractivity contribution in [2.45, 2.75) is 0 Å². The summed E-state index contributed by atoms with van der Waals surface area (Å²) in [5, 5.41) is 8.40. The summed E-state index contributed by atoms with van der Waals surface area (Å²) in [7, 11) is 0. The summed E-state index contributed by atoms with van der Waals surface area (Å²) in [5.74, 6) is -1.12. The van der Waals surface area contributed by atoms with Crippen LogP contribution in [0.3, 0.4) is 0 Å². The highest BCUT2D eigenvalue weighted by Crippen LogP contribution is 2.01. The number of carboxylic acids is 1. The number of hydrogen-bond donors (Lipinski definition) is 2. The molecule has 0 unspecified atom stereocenters. The van der Waals surface area contributed by atoms with Crippen LogP contribution in [0.25, 0.3) is 0 Å². The predicted molar refractivity (Wildman–Crippen MR) is 33.1 cm³/mol. The third-order valence-corrected chi connectivity index (χ3v) is 1.12. The first-order chi connectivity index (χ1) is 4.75. The molecule has 4 heteroatoms. The van der Waals surface area contributed by atoms with Gasteiger partial charge in [0.25, 0.3) is 0 Å². The molecule has 0 fully saturated rings.